The van der Waals surface area contributed by atoms with Crippen molar-refractivity contribution in [1.29, 1.82) is 0 Å². The fourth-order valence-electron chi connectivity index (χ4n) is 6.76. The third kappa shape index (κ3) is 5.99. The van der Waals surface area contributed by atoms with Crippen molar-refractivity contribution >= 4 is 56.2 Å². The second-order valence-electron chi connectivity index (χ2n) is 11.6. The van der Waals surface area contributed by atoms with E-state index in [4.69, 9.17) is 14.5 Å². The first-order valence-electron chi connectivity index (χ1n) is 15.5. The van der Waals surface area contributed by atoms with Crippen LogP contribution >= 0.6 is 27.7 Å². The average Bonchev–Trinajstić information content (AvgIpc) is 3.42. The Morgan fingerprint density at radius 2 is 1.61 bits per heavy atom. The Hall–Kier alpha value is -4.27. The van der Waals surface area contributed by atoms with Gasteiger partial charge < -0.3 is 19.7 Å². The van der Waals surface area contributed by atoms with Crippen LogP contribution in [0.1, 0.15) is 52.5 Å². The molecule has 1 saturated heterocycles. The van der Waals surface area contributed by atoms with Crippen LogP contribution in [0.25, 0.3) is 6.08 Å². The Bertz CT molecular complexity index is 1790. The Balaban J connectivity index is 1.26. The monoisotopic (exact) mass is 691 g/mol. The summed E-state index contributed by atoms with van der Waals surface area (Å²) in [6.45, 7) is 6.15. The molecule has 232 valence electrons. The summed E-state index contributed by atoms with van der Waals surface area (Å²) in [5, 5.41) is 3.56. The molecule has 7 rings (SSSR count). The van der Waals surface area contributed by atoms with Crippen LogP contribution in [0.4, 0.5) is 11.4 Å². The number of methoxy groups -OCH3 is 1. The number of benzene rings is 4. The molecule has 0 spiro atoms. The number of amides is 1. The Kier molecular flexibility index (Phi) is 8.73. The maximum atomic E-state index is 13.1. The number of nitrogens with zero attached hydrogens (tertiary/aromatic N) is 2. The Labute approximate surface area is 282 Å². The van der Waals surface area contributed by atoms with Gasteiger partial charge in [0.25, 0.3) is 5.91 Å². The summed E-state index contributed by atoms with van der Waals surface area (Å²) in [6, 6.07) is 29.8. The summed E-state index contributed by atoms with van der Waals surface area (Å²) in [5.74, 6) is 1.55. The maximum absolute atomic E-state index is 13.1. The minimum Gasteiger partial charge on any atom is -0.493 e. The van der Waals surface area contributed by atoms with Gasteiger partial charge in [0.05, 0.1) is 22.2 Å². The first-order chi connectivity index (χ1) is 22.5. The molecular formula is C38H34BrN3O3S. The lowest BCUT2D eigenvalue weighted by atomic mass is 9.76. The van der Waals surface area contributed by atoms with Gasteiger partial charge in [0, 0.05) is 30.6 Å². The number of ether oxygens (including phenoxy) is 2. The molecule has 46 heavy (non-hydrogen) atoms. The smallest absolute Gasteiger partial charge is 0.264 e. The van der Waals surface area contributed by atoms with E-state index >= 15 is 0 Å². The van der Waals surface area contributed by atoms with E-state index in [9.17, 15) is 4.79 Å². The van der Waals surface area contributed by atoms with Crippen LogP contribution in [0.3, 0.4) is 0 Å². The molecule has 6 nitrogen and oxygen atoms in total. The number of rotatable bonds is 8. The molecule has 1 amide bonds. The predicted molar refractivity (Wildman–Crippen MR) is 192 cm³/mol. The zero-order valence-corrected chi connectivity index (χ0v) is 27.9. The molecule has 1 fully saturated rings. The number of hydrogen-bond donors (Lipinski definition) is 1. The molecule has 0 radical (unpaired) electrons. The van der Waals surface area contributed by atoms with Crippen LogP contribution in [0, 0.1) is 0 Å². The van der Waals surface area contributed by atoms with Crippen LogP contribution in [0.5, 0.6) is 11.5 Å². The molecule has 3 aliphatic heterocycles. The van der Waals surface area contributed by atoms with Gasteiger partial charge in [-0.2, -0.15) is 0 Å². The molecule has 4 aromatic carbocycles. The van der Waals surface area contributed by atoms with E-state index in [-0.39, 0.29) is 17.7 Å². The van der Waals surface area contributed by atoms with Crippen molar-refractivity contribution in [2.75, 3.05) is 31.7 Å². The van der Waals surface area contributed by atoms with E-state index in [0.29, 0.717) is 28.2 Å². The van der Waals surface area contributed by atoms with Crippen LogP contribution in [0.2, 0.25) is 0 Å². The van der Waals surface area contributed by atoms with E-state index in [1.54, 1.807) is 13.2 Å². The quantitative estimate of drug-likeness (QED) is 0.148. The van der Waals surface area contributed by atoms with Crippen LogP contribution < -0.4 is 19.7 Å². The zero-order chi connectivity index (χ0) is 31.6. The number of anilines is 1. The zero-order valence-electron chi connectivity index (χ0n) is 25.5. The predicted octanol–water partition coefficient (Wildman–Crippen LogP) is 8.79. The van der Waals surface area contributed by atoms with Gasteiger partial charge in [-0.3, -0.25) is 4.79 Å². The highest BCUT2D eigenvalue weighted by molar-refractivity contribution is 9.10. The standard InChI is InChI=1S/C38H34BrN3O3S/c1-3-18-45-36-32(39)19-24(20-33(36)44-2)21-34-37(43)41-38(46-34)40-27-22-30-28(25-10-6-4-7-11-25)14-16-42-17-15-29(31(23-27)35(30)42)26-12-8-5-9-13-26/h3-13,19-23,28-29H,1,14-18H2,2H3,(H,40,41,43)/b34-21-/t28-,29+. The molecule has 0 bridgehead atoms. The first kappa shape index (κ1) is 30.4. The molecule has 0 aromatic heterocycles. The molecule has 0 aliphatic carbocycles. The van der Waals surface area contributed by atoms with E-state index in [0.717, 1.165) is 41.7 Å². The normalized spacial score (nSPS) is 20.4. The van der Waals surface area contributed by atoms with Crippen molar-refractivity contribution in [3.63, 3.8) is 0 Å². The molecule has 3 aliphatic rings. The largest absolute Gasteiger partial charge is 0.493 e. The van der Waals surface area contributed by atoms with Crippen molar-refractivity contribution in [1.82, 2.24) is 5.32 Å². The van der Waals surface area contributed by atoms with Crippen molar-refractivity contribution in [3.05, 3.63) is 135 Å². The molecule has 0 unspecified atom stereocenters. The lowest BCUT2D eigenvalue weighted by molar-refractivity contribution is -0.115. The minimum atomic E-state index is -0.180. The van der Waals surface area contributed by atoms with Gasteiger partial charge in [-0.25, -0.2) is 4.99 Å². The molecule has 1 N–H and O–H groups in total. The molecule has 0 saturated carbocycles. The van der Waals surface area contributed by atoms with E-state index in [1.807, 2.05) is 18.2 Å². The number of thioether (sulfide) groups is 1. The molecule has 3 heterocycles. The third-order valence-corrected chi connectivity index (χ3v) is 10.3. The third-order valence-electron chi connectivity index (χ3n) is 8.78. The molecular weight excluding hydrogens is 658 g/mol. The highest BCUT2D eigenvalue weighted by Gasteiger charge is 2.35. The van der Waals surface area contributed by atoms with Crippen LogP contribution in [-0.2, 0) is 4.79 Å². The summed E-state index contributed by atoms with van der Waals surface area (Å²) in [5.41, 5.74) is 8.30. The summed E-state index contributed by atoms with van der Waals surface area (Å²) >= 11 is 4.93. The van der Waals surface area contributed by atoms with Crippen molar-refractivity contribution < 1.29 is 14.3 Å². The summed E-state index contributed by atoms with van der Waals surface area (Å²) in [7, 11) is 1.59. The maximum Gasteiger partial charge on any atom is 0.264 e. The fraction of sp³-hybridized carbons (Fsp3) is 0.211. The van der Waals surface area contributed by atoms with Crippen LogP contribution in [-0.4, -0.2) is 37.9 Å². The van der Waals surface area contributed by atoms with Gasteiger partial charge >= 0.3 is 0 Å². The number of aliphatic imine (C=N–C) groups is 1. The lowest BCUT2D eigenvalue weighted by Gasteiger charge is -2.43. The molecule has 2 atom stereocenters. The Morgan fingerprint density at radius 1 is 0.978 bits per heavy atom. The summed E-state index contributed by atoms with van der Waals surface area (Å²) < 4.78 is 12.1. The summed E-state index contributed by atoms with van der Waals surface area (Å²) in [6.07, 6.45) is 5.64. The highest BCUT2D eigenvalue weighted by Crippen LogP contribution is 2.50. The second-order valence-corrected chi connectivity index (χ2v) is 13.5. The number of nitrogens with one attached hydrogen (secondary N) is 1. The Morgan fingerprint density at radius 3 is 2.20 bits per heavy atom. The van der Waals surface area contributed by atoms with Crippen LogP contribution in [0.15, 0.2) is 112 Å². The van der Waals surface area contributed by atoms with E-state index in [2.05, 4.69) is 106 Å². The first-order valence-corrected chi connectivity index (χ1v) is 17.1. The van der Waals surface area contributed by atoms with Gasteiger partial charge in [-0.15, -0.1) is 0 Å². The summed E-state index contributed by atoms with van der Waals surface area (Å²) in [4.78, 5) is 21.3. The average molecular weight is 693 g/mol. The fourth-order valence-corrected chi connectivity index (χ4v) is 8.17. The van der Waals surface area contributed by atoms with Crippen molar-refractivity contribution in [3.8, 4) is 11.5 Å². The number of halogens is 1. The lowest BCUT2D eigenvalue weighted by Crippen LogP contribution is -2.37. The van der Waals surface area contributed by atoms with Gasteiger partial charge in [-0.05, 0) is 98.7 Å². The SMILES string of the molecule is C=CCOc1c(Br)cc(/C=C2\SC(=Nc3cc4c5c(c3)[C@H](c3ccccc3)CCN5CC[C@@H]4c3ccccc3)NC2=O)cc1OC. The molecule has 4 aromatic rings. The minimum absolute atomic E-state index is 0.180. The molecule has 8 heteroatoms. The van der Waals surface area contributed by atoms with Crippen molar-refractivity contribution in [2.24, 2.45) is 4.99 Å². The van der Waals surface area contributed by atoms with Gasteiger partial charge in [0.15, 0.2) is 16.7 Å². The number of carbonyl (C=O) groups is 1. The second kappa shape index (κ2) is 13.2. The van der Waals surface area contributed by atoms with Gasteiger partial charge in [0.2, 0.25) is 0 Å². The van der Waals surface area contributed by atoms with Gasteiger partial charge in [-0.1, -0.05) is 73.3 Å². The van der Waals surface area contributed by atoms with E-state index < -0.39 is 0 Å². The number of hydrogen-bond acceptors (Lipinski definition) is 6. The van der Waals surface area contributed by atoms with Gasteiger partial charge in [0.1, 0.15) is 6.61 Å². The number of amidine groups is 1. The highest BCUT2D eigenvalue weighted by atomic mass is 79.9. The van der Waals surface area contributed by atoms with E-state index in [1.165, 1.54) is 39.7 Å². The van der Waals surface area contributed by atoms with Crippen molar-refractivity contribution in [2.45, 2.75) is 24.7 Å². The topological polar surface area (TPSA) is 63.2 Å². The number of carbonyl (C=O) groups excluding carboxylic acids is 1.